The number of urea groups is 1. The molecule has 2 unspecified atom stereocenters. The molecule has 0 bridgehead atoms. The van der Waals surface area contributed by atoms with Crippen LogP contribution in [-0.2, 0) is 22.4 Å². The van der Waals surface area contributed by atoms with Crippen molar-refractivity contribution in [1.82, 2.24) is 29.6 Å². The number of likely N-dealkylation sites (N-methyl/N-ethyl adjacent to an activating group) is 1. The first-order chi connectivity index (χ1) is 24.5. The Morgan fingerprint density at radius 2 is 1.67 bits per heavy atom. The number of phenolic OH excluding ortho intramolecular Hbond substituents is 1. The summed E-state index contributed by atoms with van der Waals surface area (Å²) in [5, 5.41) is 33.7. The molecule has 0 aliphatic carbocycles. The molecule has 0 spiro atoms. The summed E-state index contributed by atoms with van der Waals surface area (Å²) in [5.74, 6) is -1.07. The summed E-state index contributed by atoms with van der Waals surface area (Å²) in [6.07, 6.45) is 2.45. The number of aromatic hydroxyl groups is 1. The Morgan fingerprint density at radius 3 is 2.35 bits per heavy atom. The molecule has 4 N–H and O–H groups in total. The highest BCUT2D eigenvalue weighted by Crippen LogP contribution is 2.34. The Balaban J connectivity index is 1.17. The van der Waals surface area contributed by atoms with E-state index in [1.165, 1.54) is 11.9 Å². The number of hydrogen-bond donors (Lipinski definition) is 4. The van der Waals surface area contributed by atoms with Crippen molar-refractivity contribution < 1.29 is 34.6 Å². The van der Waals surface area contributed by atoms with Crippen LogP contribution in [0.5, 0.6) is 5.75 Å². The molecular weight excluding hydrogens is 722 g/mol. The van der Waals surface area contributed by atoms with Gasteiger partial charge < -0.3 is 30.2 Å². The third-order valence-corrected chi connectivity index (χ3v) is 11.7. The van der Waals surface area contributed by atoms with Gasteiger partial charge in [-0.05, 0) is 83.8 Å². The molecule has 14 nitrogen and oxygen atoms in total. The van der Waals surface area contributed by atoms with Gasteiger partial charge in [0.1, 0.15) is 5.75 Å². The number of para-hydroxylation sites is 1. The Morgan fingerprint density at radius 1 is 0.961 bits per heavy atom. The number of carbonyl (C=O) groups is 4. The van der Waals surface area contributed by atoms with Crippen LogP contribution in [-0.4, -0.2) is 153 Å². The Bertz CT molecular complexity index is 1600. The molecule has 51 heavy (non-hydrogen) atoms. The average Bonchev–Trinajstić information content (AvgIpc) is 3.29. The minimum Gasteiger partial charge on any atom is -0.507 e. The van der Waals surface area contributed by atoms with Crippen molar-refractivity contribution in [3.8, 4) is 5.75 Å². The predicted octanol–water partition coefficient (Wildman–Crippen LogP) is 3.37. The van der Waals surface area contributed by atoms with Gasteiger partial charge in [-0.25, -0.2) is 14.7 Å². The van der Waals surface area contributed by atoms with Crippen molar-refractivity contribution in [3.05, 3.63) is 58.1 Å². The van der Waals surface area contributed by atoms with Gasteiger partial charge in [-0.15, -0.1) is 0 Å². The summed E-state index contributed by atoms with van der Waals surface area (Å²) in [6, 6.07) is 12.0. The average molecular weight is 771 g/mol. The fourth-order valence-corrected chi connectivity index (χ4v) is 8.64. The maximum Gasteiger partial charge on any atom is 0.407 e. The topological polar surface area (TPSA) is 160 Å². The molecule has 0 saturated carbocycles. The molecular formula is C36H48BrN7O7. The van der Waals surface area contributed by atoms with Crippen molar-refractivity contribution in [2.45, 2.75) is 56.7 Å². The number of rotatable bonds is 8. The molecule has 4 heterocycles. The maximum atomic E-state index is 14.6. The zero-order valence-electron chi connectivity index (χ0n) is 29.0. The first kappa shape index (κ1) is 36.9. The lowest BCUT2D eigenvalue weighted by molar-refractivity contribution is -0.160. The van der Waals surface area contributed by atoms with Gasteiger partial charge in [-0.1, -0.05) is 24.3 Å². The molecule has 2 aromatic carbocycles. The van der Waals surface area contributed by atoms with Crippen LogP contribution in [0.3, 0.4) is 0 Å². The minimum absolute atomic E-state index is 0.0778. The second-order valence-corrected chi connectivity index (χ2v) is 15.0. The molecule has 15 heteroatoms. The number of carbonyl (C=O) groups excluding carboxylic acids is 3. The first-order valence-corrected chi connectivity index (χ1v) is 18.6. The van der Waals surface area contributed by atoms with E-state index in [2.05, 4.69) is 31.0 Å². The lowest BCUT2D eigenvalue weighted by Crippen LogP contribution is -2.60. The van der Waals surface area contributed by atoms with E-state index in [0.29, 0.717) is 67.6 Å². The van der Waals surface area contributed by atoms with E-state index in [-0.39, 0.29) is 49.1 Å². The van der Waals surface area contributed by atoms with Gasteiger partial charge in [-0.2, -0.15) is 0 Å². The van der Waals surface area contributed by atoms with E-state index in [4.69, 9.17) is 0 Å². The summed E-state index contributed by atoms with van der Waals surface area (Å²) in [6.45, 7) is 4.80. The molecule has 4 aliphatic rings. The van der Waals surface area contributed by atoms with E-state index < -0.39 is 18.1 Å². The van der Waals surface area contributed by atoms with E-state index >= 15 is 0 Å². The van der Waals surface area contributed by atoms with Crippen LogP contribution in [0.2, 0.25) is 0 Å². The second kappa shape index (κ2) is 16.2. The monoisotopic (exact) mass is 769 g/mol. The molecule has 0 aromatic heterocycles. The summed E-state index contributed by atoms with van der Waals surface area (Å²) in [7, 11) is 1.34. The number of likely N-dealkylation sites (tertiary alicyclic amines) is 2. The quantitative estimate of drug-likeness (QED) is 0.233. The smallest absolute Gasteiger partial charge is 0.407 e. The number of halogens is 1. The third-order valence-electron chi connectivity index (χ3n) is 11.1. The molecule has 3 fully saturated rings. The highest BCUT2D eigenvalue weighted by Gasteiger charge is 2.44. The van der Waals surface area contributed by atoms with Crippen LogP contribution in [0.4, 0.5) is 15.3 Å². The first-order valence-electron chi connectivity index (χ1n) is 17.8. The Kier molecular flexibility index (Phi) is 11.7. The summed E-state index contributed by atoms with van der Waals surface area (Å²) >= 11 is 3.40. The fourth-order valence-electron chi connectivity index (χ4n) is 8.22. The van der Waals surface area contributed by atoms with Gasteiger partial charge in [0.15, 0.2) is 0 Å². The van der Waals surface area contributed by atoms with Gasteiger partial charge in [0.05, 0.1) is 16.9 Å². The third kappa shape index (κ3) is 8.59. The van der Waals surface area contributed by atoms with Crippen LogP contribution in [0.15, 0.2) is 46.9 Å². The summed E-state index contributed by atoms with van der Waals surface area (Å²) in [5.41, 5.74) is 2.63. The lowest BCUT2D eigenvalue weighted by Gasteiger charge is -2.47. The molecule has 6 rings (SSSR count). The number of carboxylic acid groups (broad SMARTS) is 1. The van der Waals surface area contributed by atoms with Gasteiger partial charge in [0.25, 0.3) is 5.91 Å². The van der Waals surface area contributed by atoms with Crippen molar-refractivity contribution in [2.24, 2.45) is 5.92 Å². The number of piperazine rings is 1. The van der Waals surface area contributed by atoms with Crippen LogP contribution >= 0.6 is 15.9 Å². The highest BCUT2D eigenvalue weighted by molar-refractivity contribution is 9.10. The number of nitrogens with zero attached hydrogens (tertiary/aromatic N) is 6. The normalized spacial score (nSPS) is 22.9. The fraction of sp³-hybridized carbons (Fsp3) is 0.556. The van der Waals surface area contributed by atoms with E-state index in [9.17, 15) is 34.6 Å². The number of piperidine rings is 2. The number of amides is 5. The van der Waals surface area contributed by atoms with Crippen LogP contribution < -0.4 is 5.32 Å². The number of benzene rings is 2. The predicted molar refractivity (Wildman–Crippen MR) is 193 cm³/mol. The summed E-state index contributed by atoms with van der Waals surface area (Å²) in [4.78, 5) is 62.3. The lowest BCUT2D eigenvalue weighted by atomic mass is 9.82. The number of nitrogens with one attached hydrogen (secondary N) is 1. The number of phenols is 1. The van der Waals surface area contributed by atoms with Crippen molar-refractivity contribution in [3.63, 3.8) is 0 Å². The largest absolute Gasteiger partial charge is 0.507 e. The van der Waals surface area contributed by atoms with Crippen molar-refractivity contribution >= 4 is 45.6 Å². The molecule has 5 amide bonds. The number of hydrogen-bond acceptors (Lipinski definition) is 8. The number of fused-ring (bicyclic) bond motifs is 1. The molecule has 3 atom stereocenters. The minimum atomic E-state index is -1.08. The van der Waals surface area contributed by atoms with Crippen molar-refractivity contribution in [1.29, 1.82) is 0 Å². The summed E-state index contributed by atoms with van der Waals surface area (Å²) < 4.78 is 0.496. The Labute approximate surface area is 306 Å². The molecule has 0 radical (unpaired) electrons. The molecule has 4 aliphatic heterocycles. The van der Waals surface area contributed by atoms with Crippen LogP contribution in [0, 0.1) is 5.92 Å². The van der Waals surface area contributed by atoms with E-state index in [1.807, 2.05) is 34.1 Å². The molecule has 2 aromatic rings. The zero-order valence-corrected chi connectivity index (χ0v) is 30.6. The van der Waals surface area contributed by atoms with Crippen LogP contribution in [0.1, 0.15) is 36.8 Å². The molecule has 276 valence electrons. The maximum absolute atomic E-state index is 14.6. The number of hydroxylamine groups is 2. The Hall–Kier alpha value is -3.92. The van der Waals surface area contributed by atoms with Gasteiger partial charge >= 0.3 is 12.1 Å². The zero-order chi connectivity index (χ0) is 36.2. The van der Waals surface area contributed by atoms with E-state index in [0.717, 1.165) is 42.7 Å². The van der Waals surface area contributed by atoms with E-state index in [1.54, 1.807) is 18.2 Å². The van der Waals surface area contributed by atoms with Gasteiger partial charge in [0.2, 0.25) is 5.91 Å². The number of anilines is 1. The van der Waals surface area contributed by atoms with Crippen LogP contribution in [0.25, 0.3) is 0 Å². The standard InChI is InChI=1S/C36H48BrN7O7/c1-39(51)33(46)23-40-12-9-26(10-13-40)41-16-18-42(19-17-41)34(47)28(20-24-6-7-32(45)29(37)21-24)31-22-27(11-15-44(31)36(49)50)43-14-8-25-4-2-3-5-30(25)38-35(43)48/h2-7,21,26-28,31,45,51H,8-20,22-23H2,1H3,(H,38,48)(H,49,50)/t27?,28?,31-/m1/s1. The van der Waals surface area contributed by atoms with Crippen molar-refractivity contribution in [2.75, 3.05) is 71.3 Å². The molecule has 3 saturated heterocycles. The highest BCUT2D eigenvalue weighted by atomic mass is 79.9. The van der Waals surface area contributed by atoms with Gasteiger partial charge in [0, 0.05) is 83.2 Å². The second-order valence-electron chi connectivity index (χ2n) is 14.1. The van der Waals surface area contributed by atoms with Gasteiger partial charge in [-0.3, -0.25) is 24.6 Å². The SMILES string of the molecule is CN(O)C(=O)CN1CCC(N2CCN(C(=O)C(Cc3ccc(O)c(Br)c3)[C@H]3CC(N4CCc5ccccc5NC4=O)CCN3C(=O)O)CC2)CC1.